The SMILES string of the molecule is COc1cc(NCC2CCCCO2)ccc1N. The van der Waals surface area contributed by atoms with Crippen molar-refractivity contribution in [1.82, 2.24) is 0 Å². The maximum absolute atomic E-state index is 5.76. The molecular formula is C13H20N2O2. The lowest BCUT2D eigenvalue weighted by molar-refractivity contribution is 0.0247. The van der Waals surface area contributed by atoms with Crippen molar-refractivity contribution < 1.29 is 9.47 Å². The molecule has 1 unspecified atom stereocenters. The Balaban J connectivity index is 1.89. The van der Waals surface area contributed by atoms with Crippen molar-refractivity contribution in [2.75, 3.05) is 31.3 Å². The van der Waals surface area contributed by atoms with E-state index in [1.54, 1.807) is 7.11 Å². The van der Waals surface area contributed by atoms with E-state index in [2.05, 4.69) is 5.32 Å². The molecule has 0 spiro atoms. The Morgan fingerprint density at radius 1 is 1.47 bits per heavy atom. The van der Waals surface area contributed by atoms with E-state index in [4.69, 9.17) is 15.2 Å². The lowest BCUT2D eigenvalue weighted by Gasteiger charge is -2.23. The largest absolute Gasteiger partial charge is 0.495 e. The first-order valence-electron chi connectivity index (χ1n) is 6.08. The van der Waals surface area contributed by atoms with Crippen LogP contribution in [0.2, 0.25) is 0 Å². The Morgan fingerprint density at radius 2 is 2.35 bits per heavy atom. The van der Waals surface area contributed by atoms with Crippen LogP contribution in [-0.2, 0) is 4.74 Å². The van der Waals surface area contributed by atoms with Crippen molar-refractivity contribution in [3.63, 3.8) is 0 Å². The molecule has 94 valence electrons. The van der Waals surface area contributed by atoms with E-state index in [-0.39, 0.29) is 0 Å². The summed E-state index contributed by atoms with van der Waals surface area (Å²) >= 11 is 0. The number of nitrogens with one attached hydrogen (secondary N) is 1. The van der Waals surface area contributed by atoms with E-state index in [1.807, 2.05) is 18.2 Å². The fraction of sp³-hybridized carbons (Fsp3) is 0.538. The summed E-state index contributed by atoms with van der Waals surface area (Å²) in [5, 5.41) is 3.36. The van der Waals surface area contributed by atoms with Gasteiger partial charge in [-0.2, -0.15) is 0 Å². The van der Waals surface area contributed by atoms with Crippen LogP contribution in [-0.4, -0.2) is 26.4 Å². The molecule has 1 aromatic carbocycles. The molecule has 3 N–H and O–H groups in total. The topological polar surface area (TPSA) is 56.5 Å². The van der Waals surface area contributed by atoms with Gasteiger partial charge in [-0.1, -0.05) is 0 Å². The third-order valence-electron chi connectivity index (χ3n) is 3.04. The maximum atomic E-state index is 5.76. The van der Waals surface area contributed by atoms with Gasteiger partial charge in [-0.25, -0.2) is 0 Å². The van der Waals surface area contributed by atoms with Crippen molar-refractivity contribution in [2.24, 2.45) is 0 Å². The molecule has 4 heteroatoms. The number of hydrogen-bond donors (Lipinski definition) is 2. The fourth-order valence-corrected chi connectivity index (χ4v) is 2.02. The highest BCUT2D eigenvalue weighted by Crippen LogP contribution is 2.25. The first kappa shape index (κ1) is 12.0. The molecule has 0 aromatic heterocycles. The first-order valence-corrected chi connectivity index (χ1v) is 6.08. The molecule has 1 aliphatic rings. The Labute approximate surface area is 102 Å². The van der Waals surface area contributed by atoms with E-state index in [0.29, 0.717) is 17.5 Å². The van der Waals surface area contributed by atoms with Crippen molar-refractivity contribution in [3.05, 3.63) is 18.2 Å². The van der Waals surface area contributed by atoms with Gasteiger partial charge in [0.25, 0.3) is 0 Å². The summed E-state index contributed by atoms with van der Waals surface area (Å²) in [5.41, 5.74) is 7.44. The summed E-state index contributed by atoms with van der Waals surface area (Å²) in [6, 6.07) is 5.72. The number of benzene rings is 1. The van der Waals surface area contributed by atoms with E-state index in [0.717, 1.165) is 25.3 Å². The average Bonchev–Trinajstić information content (AvgIpc) is 2.39. The van der Waals surface area contributed by atoms with Gasteiger partial charge in [-0.05, 0) is 31.4 Å². The molecule has 0 saturated carbocycles. The van der Waals surface area contributed by atoms with E-state index < -0.39 is 0 Å². The second-order valence-electron chi connectivity index (χ2n) is 4.33. The molecule has 0 amide bonds. The summed E-state index contributed by atoms with van der Waals surface area (Å²) in [5.74, 6) is 0.708. The summed E-state index contributed by atoms with van der Waals surface area (Å²) in [6.45, 7) is 1.73. The Morgan fingerprint density at radius 3 is 3.06 bits per heavy atom. The molecular weight excluding hydrogens is 216 g/mol. The van der Waals surface area contributed by atoms with Crippen LogP contribution in [0.4, 0.5) is 11.4 Å². The van der Waals surface area contributed by atoms with E-state index in [1.165, 1.54) is 12.8 Å². The van der Waals surface area contributed by atoms with Gasteiger partial charge in [0.15, 0.2) is 0 Å². The predicted molar refractivity (Wildman–Crippen MR) is 69.5 cm³/mol. The number of rotatable bonds is 4. The number of nitrogens with two attached hydrogens (primary N) is 1. The van der Waals surface area contributed by atoms with Crippen LogP contribution < -0.4 is 15.8 Å². The summed E-state index contributed by atoms with van der Waals surface area (Å²) < 4.78 is 10.8. The highest BCUT2D eigenvalue weighted by Gasteiger charge is 2.13. The maximum Gasteiger partial charge on any atom is 0.143 e. The molecule has 1 atom stereocenters. The van der Waals surface area contributed by atoms with Gasteiger partial charge in [-0.3, -0.25) is 0 Å². The second kappa shape index (κ2) is 5.77. The van der Waals surface area contributed by atoms with Gasteiger partial charge < -0.3 is 20.5 Å². The number of hydrogen-bond acceptors (Lipinski definition) is 4. The minimum absolute atomic E-state index is 0.326. The highest BCUT2D eigenvalue weighted by atomic mass is 16.5. The molecule has 1 aliphatic heterocycles. The normalized spacial score (nSPS) is 19.9. The lowest BCUT2D eigenvalue weighted by atomic mass is 10.1. The van der Waals surface area contributed by atoms with Crippen LogP contribution in [0.3, 0.4) is 0 Å². The van der Waals surface area contributed by atoms with Crippen LogP contribution in [0.15, 0.2) is 18.2 Å². The fourth-order valence-electron chi connectivity index (χ4n) is 2.02. The number of methoxy groups -OCH3 is 1. The van der Waals surface area contributed by atoms with Crippen molar-refractivity contribution >= 4 is 11.4 Å². The first-order chi connectivity index (χ1) is 8.29. The lowest BCUT2D eigenvalue weighted by Crippen LogP contribution is -2.26. The summed E-state index contributed by atoms with van der Waals surface area (Å²) in [6.07, 6.45) is 3.91. The molecule has 0 bridgehead atoms. The van der Waals surface area contributed by atoms with Gasteiger partial charge in [-0.15, -0.1) is 0 Å². The Kier molecular flexibility index (Phi) is 4.09. The Hall–Kier alpha value is -1.42. The van der Waals surface area contributed by atoms with Crippen molar-refractivity contribution in [2.45, 2.75) is 25.4 Å². The van der Waals surface area contributed by atoms with Crippen LogP contribution >= 0.6 is 0 Å². The van der Waals surface area contributed by atoms with Gasteiger partial charge in [0.1, 0.15) is 5.75 Å². The van der Waals surface area contributed by atoms with E-state index >= 15 is 0 Å². The molecule has 0 aliphatic carbocycles. The molecule has 2 rings (SSSR count). The molecule has 4 nitrogen and oxygen atoms in total. The number of anilines is 2. The third kappa shape index (κ3) is 3.27. The zero-order valence-electron chi connectivity index (χ0n) is 10.2. The zero-order valence-corrected chi connectivity index (χ0v) is 10.2. The Bertz CT molecular complexity index is 362. The molecule has 1 saturated heterocycles. The van der Waals surface area contributed by atoms with Gasteiger partial charge in [0.05, 0.1) is 18.9 Å². The summed E-state index contributed by atoms with van der Waals surface area (Å²) in [7, 11) is 1.62. The molecule has 1 aromatic rings. The highest BCUT2D eigenvalue weighted by molar-refractivity contribution is 5.61. The van der Waals surface area contributed by atoms with Crippen molar-refractivity contribution in [3.8, 4) is 5.75 Å². The summed E-state index contributed by atoms with van der Waals surface area (Å²) in [4.78, 5) is 0. The van der Waals surface area contributed by atoms with Gasteiger partial charge >= 0.3 is 0 Å². The molecule has 1 fully saturated rings. The van der Waals surface area contributed by atoms with Crippen LogP contribution in [0.5, 0.6) is 5.75 Å². The van der Waals surface area contributed by atoms with E-state index in [9.17, 15) is 0 Å². The smallest absolute Gasteiger partial charge is 0.143 e. The predicted octanol–water partition coefficient (Wildman–Crippen LogP) is 2.26. The number of nitrogen functional groups attached to an aromatic ring is 1. The quantitative estimate of drug-likeness (QED) is 0.787. The van der Waals surface area contributed by atoms with Crippen LogP contribution in [0.25, 0.3) is 0 Å². The monoisotopic (exact) mass is 236 g/mol. The second-order valence-corrected chi connectivity index (χ2v) is 4.33. The van der Waals surface area contributed by atoms with Crippen molar-refractivity contribution in [1.29, 1.82) is 0 Å². The average molecular weight is 236 g/mol. The van der Waals surface area contributed by atoms with Crippen LogP contribution in [0.1, 0.15) is 19.3 Å². The van der Waals surface area contributed by atoms with Gasteiger partial charge in [0, 0.05) is 24.9 Å². The minimum atomic E-state index is 0.326. The van der Waals surface area contributed by atoms with Gasteiger partial charge in [0.2, 0.25) is 0 Å². The standard InChI is InChI=1S/C13H20N2O2/c1-16-13-8-10(5-6-12(13)14)15-9-11-4-2-3-7-17-11/h5-6,8,11,15H,2-4,7,9,14H2,1H3. The minimum Gasteiger partial charge on any atom is -0.495 e. The van der Waals surface area contributed by atoms with Crippen LogP contribution in [0, 0.1) is 0 Å². The third-order valence-corrected chi connectivity index (χ3v) is 3.04. The molecule has 0 radical (unpaired) electrons. The molecule has 1 heterocycles. The molecule has 17 heavy (non-hydrogen) atoms. The zero-order chi connectivity index (χ0) is 12.1. The number of ether oxygens (including phenoxy) is 2.